The van der Waals surface area contributed by atoms with Crippen LogP contribution in [0.4, 0.5) is 0 Å². The van der Waals surface area contributed by atoms with Crippen LogP contribution < -0.4 is 10.1 Å². The smallest absolute Gasteiger partial charge is 0.260 e. The van der Waals surface area contributed by atoms with E-state index in [1.807, 2.05) is 24.8 Å². The second kappa shape index (κ2) is 7.72. The maximum absolute atomic E-state index is 12.1. The SMILES string of the molecule is Cc1cc(Cl)ccc1OCC(=O)N1CCNC[C@@H]1C.Cl. The van der Waals surface area contributed by atoms with E-state index in [1.165, 1.54) is 0 Å². The Kier molecular flexibility index (Phi) is 6.59. The van der Waals surface area contributed by atoms with Gasteiger partial charge in [0.05, 0.1) is 0 Å². The van der Waals surface area contributed by atoms with Crippen molar-refractivity contribution in [3.63, 3.8) is 0 Å². The Bertz CT molecular complexity index is 468. The van der Waals surface area contributed by atoms with Crippen LogP contribution >= 0.6 is 24.0 Å². The van der Waals surface area contributed by atoms with Gasteiger partial charge in [-0.1, -0.05) is 11.6 Å². The predicted octanol–water partition coefficient (Wildman–Crippen LogP) is 2.27. The van der Waals surface area contributed by atoms with E-state index in [2.05, 4.69) is 5.32 Å². The Balaban J connectivity index is 0.00000200. The van der Waals surface area contributed by atoms with Crippen molar-refractivity contribution in [3.8, 4) is 5.75 Å². The molecule has 1 aromatic carbocycles. The highest BCUT2D eigenvalue weighted by atomic mass is 35.5. The third-order valence-corrected chi connectivity index (χ3v) is 3.54. The largest absolute Gasteiger partial charge is 0.483 e. The van der Waals surface area contributed by atoms with Crippen LogP contribution in [0.2, 0.25) is 5.02 Å². The molecule has 112 valence electrons. The summed E-state index contributed by atoms with van der Waals surface area (Å²) in [6.07, 6.45) is 0. The highest BCUT2D eigenvalue weighted by Crippen LogP contribution is 2.21. The van der Waals surface area contributed by atoms with Crippen molar-refractivity contribution >= 4 is 29.9 Å². The van der Waals surface area contributed by atoms with Crippen LogP contribution in [0.1, 0.15) is 12.5 Å². The molecule has 1 aromatic rings. The fourth-order valence-corrected chi connectivity index (χ4v) is 2.44. The van der Waals surface area contributed by atoms with Crippen molar-refractivity contribution < 1.29 is 9.53 Å². The first kappa shape index (κ1) is 17.1. The first-order valence-corrected chi connectivity index (χ1v) is 6.85. The molecule has 20 heavy (non-hydrogen) atoms. The van der Waals surface area contributed by atoms with Crippen molar-refractivity contribution in [2.75, 3.05) is 26.2 Å². The lowest BCUT2D eigenvalue weighted by atomic mass is 10.2. The maximum atomic E-state index is 12.1. The molecule has 1 fully saturated rings. The zero-order chi connectivity index (χ0) is 13.8. The standard InChI is InChI=1S/C14H19ClN2O2.ClH/c1-10-7-12(15)3-4-13(10)19-9-14(18)17-6-5-16-8-11(17)2;/h3-4,7,11,16H,5-6,8-9H2,1-2H3;1H/t11-;/m0./s1. The quantitative estimate of drug-likeness (QED) is 0.929. The number of ether oxygens (including phenoxy) is 1. The molecule has 0 spiro atoms. The highest BCUT2D eigenvalue weighted by Gasteiger charge is 2.23. The molecule has 0 aliphatic carbocycles. The van der Waals surface area contributed by atoms with E-state index >= 15 is 0 Å². The molecule has 4 nitrogen and oxygen atoms in total. The summed E-state index contributed by atoms with van der Waals surface area (Å²) in [7, 11) is 0. The number of amides is 1. The fraction of sp³-hybridized carbons (Fsp3) is 0.500. The molecule has 1 N–H and O–H groups in total. The van der Waals surface area contributed by atoms with Gasteiger partial charge in [0.15, 0.2) is 6.61 Å². The van der Waals surface area contributed by atoms with Crippen molar-refractivity contribution in [2.24, 2.45) is 0 Å². The minimum absolute atomic E-state index is 0. The van der Waals surface area contributed by atoms with E-state index in [0.717, 1.165) is 25.2 Å². The van der Waals surface area contributed by atoms with Crippen molar-refractivity contribution in [2.45, 2.75) is 19.9 Å². The second-order valence-corrected chi connectivity index (χ2v) is 5.28. The van der Waals surface area contributed by atoms with Gasteiger partial charge in [-0.3, -0.25) is 4.79 Å². The van der Waals surface area contributed by atoms with E-state index < -0.39 is 0 Å². The first-order valence-electron chi connectivity index (χ1n) is 6.47. The minimum atomic E-state index is 0. The van der Waals surface area contributed by atoms with Crippen LogP contribution in [0.15, 0.2) is 18.2 Å². The monoisotopic (exact) mass is 318 g/mol. The summed E-state index contributed by atoms with van der Waals surface area (Å²) in [4.78, 5) is 14.0. The van der Waals surface area contributed by atoms with E-state index in [0.29, 0.717) is 10.8 Å². The van der Waals surface area contributed by atoms with Crippen LogP contribution in [0.5, 0.6) is 5.75 Å². The normalized spacial score (nSPS) is 18.4. The number of nitrogens with zero attached hydrogens (tertiary/aromatic N) is 1. The Morgan fingerprint density at radius 3 is 2.95 bits per heavy atom. The fourth-order valence-electron chi connectivity index (χ4n) is 2.21. The highest BCUT2D eigenvalue weighted by molar-refractivity contribution is 6.30. The lowest BCUT2D eigenvalue weighted by Crippen LogP contribution is -2.53. The minimum Gasteiger partial charge on any atom is -0.483 e. The van der Waals surface area contributed by atoms with Gasteiger partial charge >= 0.3 is 0 Å². The molecule has 1 aliphatic rings. The summed E-state index contributed by atoms with van der Waals surface area (Å²) in [5.41, 5.74) is 0.939. The third-order valence-electron chi connectivity index (χ3n) is 3.31. The van der Waals surface area contributed by atoms with Crippen LogP contribution in [0, 0.1) is 6.92 Å². The Hall–Kier alpha value is -0.970. The zero-order valence-electron chi connectivity index (χ0n) is 11.7. The molecule has 1 saturated heterocycles. The van der Waals surface area contributed by atoms with Crippen LogP contribution in [0.3, 0.4) is 0 Å². The van der Waals surface area contributed by atoms with E-state index in [1.54, 1.807) is 12.1 Å². The lowest BCUT2D eigenvalue weighted by molar-refractivity contribution is -0.136. The Morgan fingerprint density at radius 2 is 2.30 bits per heavy atom. The number of rotatable bonds is 3. The summed E-state index contributed by atoms with van der Waals surface area (Å²) >= 11 is 5.88. The Morgan fingerprint density at radius 1 is 1.55 bits per heavy atom. The molecule has 0 unspecified atom stereocenters. The zero-order valence-corrected chi connectivity index (χ0v) is 13.3. The van der Waals surface area contributed by atoms with E-state index in [4.69, 9.17) is 16.3 Å². The molecule has 1 aliphatic heterocycles. The van der Waals surface area contributed by atoms with Crippen molar-refractivity contribution in [1.29, 1.82) is 0 Å². The van der Waals surface area contributed by atoms with Gasteiger partial charge in [-0.2, -0.15) is 0 Å². The summed E-state index contributed by atoms with van der Waals surface area (Å²) in [6.45, 7) is 6.45. The number of piperazine rings is 1. The average Bonchev–Trinajstić information content (AvgIpc) is 2.38. The third kappa shape index (κ3) is 4.27. The van der Waals surface area contributed by atoms with Crippen molar-refractivity contribution in [3.05, 3.63) is 28.8 Å². The summed E-state index contributed by atoms with van der Waals surface area (Å²) in [5.74, 6) is 0.740. The molecule has 1 amide bonds. The van der Waals surface area contributed by atoms with Gasteiger partial charge < -0.3 is 15.0 Å². The van der Waals surface area contributed by atoms with Crippen molar-refractivity contribution in [1.82, 2.24) is 10.2 Å². The van der Waals surface area contributed by atoms with Gasteiger partial charge in [0.25, 0.3) is 5.91 Å². The van der Waals surface area contributed by atoms with Gasteiger partial charge in [-0.15, -0.1) is 12.4 Å². The number of carbonyl (C=O) groups is 1. The van der Waals surface area contributed by atoms with Gasteiger partial charge in [-0.25, -0.2) is 0 Å². The number of halogens is 2. The van der Waals surface area contributed by atoms with Gasteiger partial charge in [0.2, 0.25) is 0 Å². The molecule has 0 radical (unpaired) electrons. The lowest BCUT2D eigenvalue weighted by Gasteiger charge is -2.33. The molecule has 0 aromatic heterocycles. The number of carbonyl (C=O) groups excluding carboxylic acids is 1. The molecule has 2 rings (SSSR count). The number of hydrogen-bond donors (Lipinski definition) is 1. The molecule has 1 heterocycles. The molecule has 0 bridgehead atoms. The molecule has 6 heteroatoms. The van der Waals surface area contributed by atoms with Crippen LogP contribution in [0.25, 0.3) is 0 Å². The van der Waals surface area contributed by atoms with Crippen LogP contribution in [-0.2, 0) is 4.79 Å². The first-order chi connectivity index (χ1) is 9.08. The molecular weight excluding hydrogens is 299 g/mol. The summed E-state index contributed by atoms with van der Waals surface area (Å²) in [6, 6.07) is 5.61. The summed E-state index contributed by atoms with van der Waals surface area (Å²) in [5, 5.41) is 3.93. The number of benzene rings is 1. The number of aryl methyl sites for hydroxylation is 1. The molecule has 0 saturated carbocycles. The molecule has 1 atom stereocenters. The topological polar surface area (TPSA) is 41.6 Å². The van der Waals surface area contributed by atoms with E-state index in [9.17, 15) is 4.79 Å². The number of hydrogen-bond acceptors (Lipinski definition) is 3. The maximum Gasteiger partial charge on any atom is 0.260 e. The average molecular weight is 319 g/mol. The molecular formula is C14H20Cl2N2O2. The van der Waals surface area contributed by atoms with E-state index in [-0.39, 0.29) is 31.0 Å². The predicted molar refractivity (Wildman–Crippen MR) is 83.0 cm³/mol. The van der Waals surface area contributed by atoms with Gasteiger partial charge in [-0.05, 0) is 37.6 Å². The summed E-state index contributed by atoms with van der Waals surface area (Å²) < 4.78 is 5.58. The Labute approximate surface area is 130 Å². The van der Waals surface area contributed by atoms with Gasteiger partial charge in [0, 0.05) is 30.7 Å². The van der Waals surface area contributed by atoms with Gasteiger partial charge in [0.1, 0.15) is 5.75 Å². The number of nitrogens with one attached hydrogen (secondary N) is 1. The second-order valence-electron chi connectivity index (χ2n) is 4.84. The van der Waals surface area contributed by atoms with Crippen LogP contribution in [-0.4, -0.2) is 43.1 Å².